The van der Waals surface area contributed by atoms with Crippen LogP contribution in [-0.2, 0) is 11.8 Å². The van der Waals surface area contributed by atoms with Gasteiger partial charge in [0.05, 0.1) is 6.61 Å². The van der Waals surface area contributed by atoms with E-state index < -0.39 is 8.32 Å². The average Bonchev–Trinajstić information content (AvgIpc) is 3.05. The van der Waals surface area contributed by atoms with Gasteiger partial charge in [0.25, 0.3) is 5.91 Å². The molecule has 148 valence electrons. The van der Waals surface area contributed by atoms with E-state index in [1.165, 1.54) is 11.1 Å². The molecule has 0 radical (unpaired) electrons. The van der Waals surface area contributed by atoms with Crippen molar-refractivity contribution < 1.29 is 14.3 Å². The van der Waals surface area contributed by atoms with E-state index in [0.29, 0.717) is 5.56 Å². The fourth-order valence-electron chi connectivity index (χ4n) is 4.40. The Labute approximate surface area is 168 Å². The molecule has 1 saturated heterocycles. The van der Waals surface area contributed by atoms with Crippen molar-refractivity contribution in [3.05, 3.63) is 59.2 Å². The molecule has 0 atom stereocenters. The highest BCUT2D eigenvalue weighted by Gasteiger charge is 2.44. The van der Waals surface area contributed by atoms with Crippen molar-refractivity contribution in [3.8, 4) is 5.75 Å². The number of carbonyl (C=O) groups is 1. The lowest BCUT2D eigenvalue weighted by Crippen LogP contribution is -2.46. The van der Waals surface area contributed by atoms with Crippen molar-refractivity contribution in [1.82, 2.24) is 4.90 Å². The molecule has 2 aromatic carbocycles. The van der Waals surface area contributed by atoms with Gasteiger partial charge in [-0.2, -0.15) is 0 Å². The maximum Gasteiger partial charge on any atom is 0.253 e. The molecule has 2 aromatic rings. The van der Waals surface area contributed by atoms with E-state index >= 15 is 0 Å². The molecule has 2 aliphatic heterocycles. The third-order valence-corrected chi connectivity index (χ3v) is 8.08. The van der Waals surface area contributed by atoms with Crippen LogP contribution in [0.5, 0.6) is 5.75 Å². The second kappa shape index (κ2) is 7.05. The summed E-state index contributed by atoms with van der Waals surface area (Å²) >= 11 is 0. The van der Waals surface area contributed by atoms with Gasteiger partial charge in [0.2, 0.25) is 8.32 Å². The van der Waals surface area contributed by atoms with Crippen molar-refractivity contribution in [2.24, 2.45) is 0 Å². The van der Waals surface area contributed by atoms with Crippen LogP contribution in [-0.4, -0.2) is 43.6 Å². The van der Waals surface area contributed by atoms with E-state index in [2.05, 4.69) is 25.1 Å². The number of hydrogen-bond acceptors (Lipinski definition) is 3. The van der Waals surface area contributed by atoms with Crippen LogP contribution in [0.1, 0.15) is 41.3 Å². The summed E-state index contributed by atoms with van der Waals surface area (Å²) in [6.45, 7) is 8.13. The molecular formula is C23H29NO3Si. The SMILES string of the molecule is CCc1ccc2c(c1)C1(CCN(C(=O)c3cccc([Si](C)(C)O)c3)CC1)CO2. The van der Waals surface area contributed by atoms with Crippen LogP contribution in [0.4, 0.5) is 0 Å². The Kier molecular flexibility index (Phi) is 4.84. The summed E-state index contributed by atoms with van der Waals surface area (Å²) < 4.78 is 6.00. The van der Waals surface area contributed by atoms with Gasteiger partial charge in [0.15, 0.2) is 0 Å². The smallest absolute Gasteiger partial charge is 0.253 e. The van der Waals surface area contributed by atoms with Crippen LogP contribution < -0.4 is 9.92 Å². The Bertz CT molecular complexity index is 895. The molecule has 1 amide bonds. The molecule has 0 unspecified atom stereocenters. The lowest BCUT2D eigenvalue weighted by Gasteiger charge is -2.38. The fourth-order valence-corrected chi connectivity index (χ4v) is 5.41. The van der Waals surface area contributed by atoms with Crippen molar-refractivity contribution >= 4 is 19.4 Å². The molecule has 0 bridgehead atoms. The molecule has 2 aliphatic rings. The van der Waals surface area contributed by atoms with Crippen LogP contribution in [0, 0.1) is 0 Å². The molecule has 4 nitrogen and oxygen atoms in total. The van der Waals surface area contributed by atoms with Crippen LogP contribution >= 0.6 is 0 Å². The summed E-state index contributed by atoms with van der Waals surface area (Å²) in [5.74, 6) is 1.08. The first kappa shape index (κ1) is 19.2. The van der Waals surface area contributed by atoms with Gasteiger partial charge in [0.1, 0.15) is 5.75 Å². The van der Waals surface area contributed by atoms with Crippen molar-refractivity contribution in [3.63, 3.8) is 0 Å². The van der Waals surface area contributed by atoms with Gasteiger partial charge in [-0.1, -0.05) is 31.2 Å². The van der Waals surface area contributed by atoms with Crippen molar-refractivity contribution in [2.45, 2.75) is 44.7 Å². The Balaban J connectivity index is 1.51. The molecule has 0 aliphatic carbocycles. The van der Waals surface area contributed by atoms with Gasteiger partial charge in [-0.05, 0) is 61.3 Å². The molecule has 2 heterocycles. The molecule has 5 heteroatoms. The number of likely N-dealkylation sites (tertiary alicyclic amines) is 1. The predicted octanol–water partition coefficient (Wildman–Crippen LogP) is 3.22. The highest BCUT2D eigenvalue weighted by Crippen LogP contribution is 2.46. The lowest BCUT2D eigenvalue weighted by atomic mass is 9.74. The maximum atomic E-state index is 13.1. The molecule has 1 fully saturated rings. The number of fused-ring (bicyclic) bond motifs is 2. The van der Waals surface area contributed by atoms with E-state index in [0.717, 1.165) is 49.9 Å². The van der Waals surface area contributed by atoms with Gasteiger partial charge >= 0.3 is 0 Å². The molecular weight excluding hydrogens is 366 g/mol. The molecule has 4 rings (SSSR count). The van der Waals surface area contributed by atoms with Gasteiger partial charge in [-0.3, -0.25) is 4.79 Å². The number of nitrogens with zero attached hydrogens (tertiary/aromatic N) is 1. The van der Waals surface area contributed by atoms with Crippen LogP contribution in [0.2, 0.25) is 13.1 Å². The fraction of sp³-hybridized carbons (Fsp3) is 0.435. The molecule has 28 heavy (non-hydrogen) atoms. The lowest BCUT2D eigenvalue weighted by molar-refractivity contribution is 0.0646. The van der Waals surface area contributed by atoms with Crippen molar-refractivity contribution in [1.29, 1.82) is 0 Å². The normalized spacial score (nSPS) is 18.1. The zero-order chi connectivity index (χ0) is 19.9. The van der Waals surface area contributed by atoms with Crippen LogP contribution in [0.15, 0.2) is 42.5 Å². The largest absolute Gasteiger partial charge is 0.492 e. The Morgan fingerprint density at radius 1 is 1.18 bits per heavy atom. The first-order valence-corrected chi connectivity index (χ1v) is 13.2. The minimum atomic E-state index is -2.42. The Hall–Kier alpha value is -2.11. The highest BCUT2D eigenvalue weighted by atomic mass is 28.4. The Morgan fingerprint density at radius 2 is 1.93 bits per heavy atom. The summed E-state index contributed by atoms with van der Waals surface area (Å²) in [5, 5.41) is 0.900. The van der Waals surface area contributed by atoms with E-state index in [1.807, 2.05) is 42.3 Å². The third kappa shape index (κ3) is 3.38. The number of benzene rings is 2. The second-order valence-corrected chi connectivity index (χ2v) is 12.4. The quantitative estimate of drug-likeness (QED) is 0.812. The first-order valence-electron chi connectivity index (χ1n) is 10.2. The maximum absolute atomic E-state index is 13.1. The van der Waals surface area contributed by atoms with Crippen molar-refractivity contribution in [2.75, 3.05) is 19.7 Å². The number of amides is 1. The zero-order valence-electron chi connectivity index (χ0n) is 17.0. The molecule has 1 N–H and O–H groups in total. The van der Waals surface area contributed by atoms with Gasteiger partial charge < -0.3 is 14.4 Å². The minimum Gasteiger partial charge on any atom is -0.492 e. The van der Waals surface area contributed by atoms with E-state index in [4.69, 9.17) is 4.74 Å². The second-order valence-electron chi connectivity index (χ2n) is 8.69. The monoisotopic (exact) mass is 395 g/mol. The average molecular weight is 396 g/mol. The first-order chi connectivity index (χ1) is 13.3. The number of aryl methyl sites for hydroxylation is 1. The van der Waals surface area contributed by atoms with E-state index in [-0.39, 0.29) is 11.3 Å². The summed E-state index contributed by atoms with van der Waals surface area (Å²) in [6, 6.07) is 14.1. The molecule has 0 aromatic heterocycles. The van der Waals surface area contributed by atoms with Gasteiger partial charge in [-0.25, -0.2) is 0 Å². The topological polar surface area (TPSA) is 49.8 Å². The summed E-state index contributed by atoms with van der Waals surface area (Å²) in [4.78, 5) is 25.4. The summed E-state index contributed by atoms with van der Waals surface area (Å²) in [7, 11) is -2.42. The summed E-state index contributed by atoms with van der Waals surface area (Å²) in [5.41, 5.74) is 3.39. The standard InChI is InChI=1S/C23H29NO3Si/c1-4-17-8-9-21-20(14-17)23(16-27-21)10-12-24(13-11-23)22(25)18-6-5-7-19(15-18)28(2,3)26/h5-9,14-15,26H,4,10-13,16H2,1-3H3. The number of hydrogen-bond donors (Lipinski definition) is 1. The van der Waals surface area contributed by atoms with E-state index in [9.17, 15) is 9.59 Å². The van der Waals surface area contributed by atoms with Gasteiger partial charge in [0, 0.05) is 29.6 Å². The van der Waals surface area contributed by atoms with Crippen LogP contribution in [0.25, 0.3) is 0 Å². The Morgan fingerprint density at radius 3 is 2.61 bits per heavy atom. The highest BCUT2D eigenvalue weighted by molar-refractivity contribution is 6.83. The number of carbonyl (C=O) groups excluding carboxylic acids is 1. The number of rotatable bonds is 3. The molecule has 0 saturated carbocycles. The zero-order valence-corrected chi connectivity index (χ0v) is 18.0. The van der Waals surface area contributed by atoms with Gasteiger partial charge in [-0.15, -0.1) is 0 Å². The van der Waals surface area contributed by atoms with E-state index in [1.54, 1.807) is 0 Å². The predicted molar refractivity (Wildman–Crippen MR) is 114 cm³/mol. The van der Waals surface area contributed by atoms with Crippen LogP contribution in [0.3, 0.4) is 0 Å². The number of piperidine rings is 1. The third-order valence-electron chi connectivity index (χ3n) is 6.35. The summed E-state index contributed by atoms with van der Waals surface area (Å²) in [6.07, 6.45) is 2.88. The molecule has 1 spiro atoms. The number of ether oxygens (including phenoxy) is 1. The minimum absolute atomic E-state index is 0.0408.